The number of esters is 1. The summed E-state index contributed by atoms with van der Waals surface area (Å²) in [6.45, 7) is 1.85. The number of rotatable bonds is 4. The van der Waals surface area contributed by atoms with Crippen LogP contribution in [0.3, 0.4) is 0 Å². The number of amides is 1. The van der Waals surface area contributed by atoms with Gasteiger partial charge in [-0.1, -0.05) is 24.6 Å². The highest BCUT2D eigenvalue weighted by molar-refractivity contribution is 6.31. The Hall–Kier alpha value is -1.55. The van der Waals surface area contributed by atoms with Gasteiger partial charge in [0.2, 0.25) is 5.91 Å². The number of ether oxygens (including phenoxy) is 1. The lowest BCUT2D eigenvalue weighted by Gasteiger charge is -2.12. The van der Waals surface area contributed by atoms with Gasteiger partial charge in [0.15, 0.2) is 0 Å². The van der Waals surface area contributed by atoms with Crippen molar-refractivity contribution in [3.63, 3.8) is 0 Å². The zero-order valence-corrected chi connectivity index (χ0v) is 10.5. The number of primary amides is 1. The first kappa shape index (κ1) is 13.5. The van der Waals surface area contributed by atoms with Crippen molar-refractivity contribution in [3.05, 3.63) is 34.3 Å². The summed E-state index contributed by atoms with van der Waals surface area (Å²) < 4.78 is 4.58. The van der Waals surface area contributed by atoms with Crippen LogP contribution in [-0.4, -0.2) is 19.0 Å². The second-order valence-electron chi connectivity index (χ2n) is 3.80. The summed E-state index contributed by atoms with van der Waals surface area (Å²) in [5, 5.41) is 0.432. The van der Waals surface area contributed by atoms with Gasteiger partial charge < -0.3 is 10.5 Å². The topological polar surface area (TPSA) is 69.4 Å². The van der Waals surface area contributed by atoms with Crippen molar-refractivity contribution >= 4 is 23.5 Å². The summed E-state index contributed by atoms with van der Waals surface area (Å²) >= 11 is 6.05. The van der Waals surface area contributed by atoms with Gasteiger partial charge in [-0.2, -0.15) is 0 Å². The lowest BCUT2D eigenvalue weighted by Crippen LogP contribution is -2.14. The zero-order valence-electron chi connectivity index (χ0n) is 9.70. The maximum atomic E-state index is 11.3. The van der Waals surface area contributed by atoms with Gasteiger partial charge in [-0.05, 0) is 23.6 Å². The Morgan fingerprint density at radius 2 is 2.12 bits per heavy atom. The van der Waals surface area contributed by atoms with E-state index in [4.69, 9.17) is 17.3 Å². The van der Waals surface area contributed by atoms with Crippen molar-refractivity contribution in [2.24, 2.45) is 5.73 Å². The molecule has 1 unspecified atom stereocenters. The summed E-state index contributed by atoms with van der Waals surface area (Å²) in [5.41, 5.74) is 6.30. The van der Waals surface area contributed by atoms with Crippen LogP contribution in [0.15, 0.2) is 18.2 Å². The number of carbonyl (C=O) groups excluding carboxylic acids is 2. The van der Waals surface area contributed by atoms with Gasteiger partial charge in [-0.15, -0.1) is 0 Å². The molecule has 1 amide bonds. The van der Waals surface area contributed by atoms with Crippen LogP contribution in [0.4, 0.5) is 0 Å². The van der Waals surface area contributed by atoms with Crippen LogP contribution in [0.2, 0.25) is 5.02 Å². The van der Waals surface area contributed by atoms with E-state index in [-0.39, 0.29) is 18.2 Å². The minimum absolute atomic E-state index is 0.0771. The summed E-state index contributed by atoms with van der Waals surface area (Å²) in [7, 11) is 1.31. The number of benzene rings is 1. The van der Waals surface area contributed by atoms with E-state index in [1.807, 2.05) is 6.92 Å². The van der Waals surface area contributed by atoms with Crippen molar-refractivity contribution < 1.29 is 14.3 Å². The van der Waals surface area contributed by atoms with Crippen molar-refractivity contribution in [3.8, 4) is 0 Å². The van der Waals surface area contributed by atoms with Gasteiger partial charge >= 0.3 is 5.97 Å². The Kier molecular flexibility index (Phi) is 4.52. The first-order chi connectivity index (χ1) is 7.95. The van der Waals surface area contributed by atoms with E-state index in [0.29, 0.717) is 10.6 Å². The number of hydrogen-bond acceptors (Lipinski definition) is 3. The average Bonchev–Trinajstić information content (AvgIpc) is 2.26. The van der Waals surface area contributed by atoms with Crippen molar-refractivity contribution in [2.75, 3.05) is 7.11 Å². The van der Waals surface area contributed by atoms with Gasteiger partial charge in [-0.25, -0.2) is 4.79 Å². The maximum absolute atomic E-state index is 11.3. The normalized spacial score (nSPS) is 11.9. The van der Waals surface area contributed by atoms with Gasteiger partial charge in [0.1, 0.15) is 0 Å². The minimum atomic E-state index is -0.444. The first-order valence-corrected chi connectivity index (χ1v) is 5.49. The standard InChI is InChI=1S/C12H14ClNO3/c1-7(5-11(14)15)9-4-3-8(6-10(9)13)12(16)17-2/h3-4,6-7H,5H2,1-2H3,(H2,14,15). The molecule has 1 aromatic rings. The van der Waals surface area contributed by atoms with Crippen LogP contribution in [0.1, 0.15) is 35.2 Å². The van der Waals surface area contributed by atoms with Crippen LogP contribution < -0.4 is 5.73 Å². The molecule has 0 saturated heterocycles. The Balaban J connectivity index is 2.97. The number of methoxy groups -OCH3 is 1. The molecule has 0 heterocycles. The third kappa shape index (κ3) is 3.46. The van der Waals surface area contributed by atoms with Crippen molar-refractivity contribution in [2.45, 2.75) is 19.3 Å². The number of halogens is 1. The molecule has 0 aromatic heterocycles. The molecule has 2 N–H and O–H groups in total. The Morgan fingerprint density at radius 3 is 2.59 bits per heavy atom. The second kappa shape index (κ2) is 5.68. The van der Waals surface area contributed by atoms with Crippen LogP contribution in [0, 0.1) is 0 Å². The molecule has 92 valence electrons. The van der Waals surface area contributed by atoms with E-state index < -0.39 is 5.97 Å². The monoisotopic (exact) mass is 255 g/mol. The lowest BCUT2D eigenvalue weighted by atomic mass is 9.96. The molecule has 0 saturated carbocycles. The summed E-state index contributed by atoms with van der Waals surface area (Å²) in [4.78, 5) is 22.1. The van der Waals surface area contributed by atoms with Crippen LogP contribution in [0.5, 0.6) is 0 Å². The molecule has 17 heavy (non-hydrogen) atoms. The third-order valence-corrected chi connectivity index (χ3v) is 2.79. The molecule has 4 nitrogen and oxygen atoms in total. The summed E-state index contributed by atoms with van der Waals surface area (Å²) in [6, 6.07) is 4.85. The quantitative estimate of drug-likeness (QED) is 0.838. The van der Waals surface area contributed by atoms with Gasteiger partial charge in [0.05, 0.1) is 12.7 Å². The van der Waals surface area contributed by atoms with Crippen molar-refractivity contribution in [1.82, 2.24) is 0 Å². The molecule has 1 aromatic carbocycles. The van der Waals surface area contributed by atoms with Crippen LogP contribution in [-0.2, 0) is 9.53 Å². The lowest BCUT2D eigenvalue weighted by molar-refractivity contribution is -0.118. The predicted octanol–water partition coefficient (Wildman–Crippen LogP) is 2.11. The molecule has 0 fully saturated rings. The molecule has 0 aliphatic carbocycles. The van der Waals surface area contributed by atoms with Gasteiger partial charge in [0.25, 0.3) is 0 Å². The van der Waals surface area contributed by atoms with Gasteiger partial charge in [0, 0.05) is 11.4 Å². The number of carbonyl (C=O) groups is 2. The minimum Gasteiger partial charge on any atom is -0.465 e. The summed E-state index contributed by atoms with van der Waals surface area (Å²) in [5.74, 6) is -0.904. The largest absolute Gasteiger partial charge is 0.465 e. The van der Waals surface area contributed by atoms with E-state index >= 15 is 0 Å². The van der Waals surface area contributed by atoms with Crippen molar-refractivity contribution in [1.29, 1.82) is 0 Å². The fourth-order valence-corrected chi connectivity index (χ4v) is 1.95. The molecule has 0 bridgehead atoms. The smallest absolute Gasteiger partial charge is 0.337 e. The fourth-order valence-electron chi connectivity index (χ4n) is 1.58. The number of hydrogen-bond donors (Lipinski definition) is 1. The average molecular weight is 256 g/mol. The molecule has 1 atom stereocenters. The molecule has 1 rings (SSSR count). The van der Waals surface area contributed by atoms with E-state index in [0.717, 1.165) is 5.56 Å². The van der Waals surface area contributed by atoms with E-state index in [1.165, 1.54) is 13.2 Å². The van der Waals surface area contributed by atoms with Crippen LogP contribution >= 0.6 is 11.6 Å². The SMILES string of the molecule is COC(=O)c1ccc(C(C)CC(N)=O)c(Cl)c1. The Morgan fingerprint density at radius 1 is 1.47 bits per heavy atom. The highest BCUT2D eigenvalue weighted by Gasteiger charge is 2.14. The summed E-state index contributed by atoms with van der Waals surface area (Å²) in [6.07, 6.45) is 0.220. The highest BCUT2D eigenvalue weighted by atomic mass is 35.5. The first-order valence-electron chi connectivity index (χ1n) is 5.11. The molecule has 0 spiro atoms. The van der Waals surface area contributed by atoms with E-state index in [1.54, 1.807) is 12.1 Å². The molecule has 0 aliphatic rings. The molecular formula is C12H14ClNO3. The van der Waals surface area contributed by atoms with E-state index in [2.05, 4.69) is 4.74 Å². The molecular weight excluding hydrogens is 242 g/mol. The fraction of sp³-hybridized carbons (Fsp3) is 0.333. The molecule has 0 radical (unpaired) electrons. The zero-order chi connectivity index (χ0) is 13.0. The number of nitrogens with two attached hydrogens (primary N) is 1. The second-order valence-corrected chi connectivity index (χ2v) is 4.21. The van der Waals surface area contributed by atoms with E-state index in [9.17, 15) is 9.59 Å². The van der Waals surface area contributed by atoms with Gasteiger partial charge in [-0.3, -0.25) is 4.79 Å². The molecule has 0 aliphatic heterocycles. The Labute approximate surface area is 105 Å². The highest BCUT2D eigenvalue weighted by Crippen LogP contribution is 2.27. The Bertz CT molecular complexity index is 445. The van der Waals surface area contributed by atoms with Crippen LogP contribution in [0.25, 0.3) is 0 Å². The molecule has 5 heteroatoms. The maximum Gasteiger partial charge on any atom is 0.337 e. The predicted molar refractivity (Wildman–Crippen MR) is 65.0 cm³/mol. The third-order valence-electron chi connectivity index (χ3n) is 2.46.